The minimum absolute atomic E-state index is 0.188. The number of piperidine rings is 1. The average Bonchev–Trinajstić information content (AvgIpc) is 3.06. The lowest BCUT2D eigenvalue weighted by Crippen LogP contribution is -2.35. The highest BCUT2D eigenvalue weighted by Gasteiger charge is 2.20. The molecule has 24 heavy (non-hydrogen) atoms. The van der Waals surface area contributed by atoms with E-state index in [0.29, 0.717) is 0 Å². The molecule has 0 N–H and O–H groups in total. The molecular weight excluding hydrogens is 296 g/mol. The molecule has 0 atom stereocenters. The van der Waals surface area contributed by atoms with Crippen LogP contribution in [0.1, 0.15) is 40.7 Å². The lowest BCUT2D eigenvalue weighted by atomic mass is 10.1. The first kappa shape index (κ1) is 15.3. The molecule has 0 radical (unpaired) electrons. The number of carbonyl (C=O) groups excluding carboxylic acids is 1. The highest BCUT2D eigenvalue weighted by molar-refractivity contribution is 5.94. The predicted molar refractivity (Wildman–Crippen MR) is 97.4 cm³/mol. The number of para-hydroxylation sites is 1. The normalized spacial score (nSPS) is 17.0. The molecule has 0 saturated carbocycles. The smallest absolute Gasteiger partial charge is 0.253 e. The van der Waals surface area contributed by atoms with Crippen LogP contribution in [0.2, 0.25) is 0 Å². The molecule has 1 amide bonds. The van der Waals surface area contributed by atoms with E-state index < -0.39 is 0 Å². The number of amides is 1. The quantitative estimate of drug-likeness (QED) is 0.857. The van der Waals surface area contributed by atoms with Gasteiger partial charge in [0, 0.05) is 37.4 Å². The molecular formula is C21H24N2O. The molecule has 2 aliphatic rings. The van der Waals surface area contributed by atoms with Crippen molar-refractivity contribution in [2.75, 3.05) is 24.5 Å². The van der Waals surface area contributed by atoms with E-state index in [0.717, 1.165) is 51.0 Å². The van der Waals surface area contributed by atoms with Crippen molar-refractivity contribution in [2.24, 2.45) is 0 Å². The van der Waals surface area contributed by atoms with Crippen molar-refractivity contribution in [1.29, 1.82) is 0 Å². The molecule has 1 saturated heterocycles. The second kappa shape index (κ2) is 6.68. The molecule has 0 aliphatic carbocycles. The number of hydrogen-bond acceptors (Lipinski definition) is 2. The van der Waals surface area contributed by atoms with E-state index in [2.05, 4.69) is 41.3 Å². The van der Waals surface area contributed by atoms with Crippen LogP contribution >= 0.6 is 0 Å². The van der Waals surface area contributed by atoms with Crippen molar-refractivity contribution < 1.29 is 4.79 Å². The molecule has 0 spiro atoms. The SMILES string of the molecule is O=C(c1ccc(CN2CCc3ccccc32)cc1)N1CCCCC1. The molecule has 3 heteroatoms. The third kappa shape index (κ3) is 3.03. The minimum Gasteiger partial charge on any atom is -0.367 e. The van der Waals surface area contributed by atoms with E-state index in [9.17, 15) is 4.79 Å². The number of fused-ring (bicyclic) bond motifs is 1. The van der Waals surface area contributed by atoms with Crippen LogP contribution in [-0.2, 0) is 13.0 Å². The Bertz CT molecular complexity index is 717. The van der Waals surface area contributed by atoms with Crippen molar-refractivity contribution in [2.45, 2.75) is 32.2 Å². The molecule has 124 valence electrons. The van der Waals surface area contributed by atoms with Gasteiger partial charge in [0.25, 0.3) is 5.91 Å². The maximum absolute atomic E-state index is 12.5. The van der Waals surface area contributed by atoms with Crippen LogP contribution in [0.4, 0.5) is 5.69 Å². The van der Waals surface area contributed by atoms with E-state index >= 15 is 0 Å². The Morgan fingerprint density at radius 2 is 1.62 bits per heavy atom. The van der Waals surface area contributed by atoms with Gasteiger partial charge >= 0.3 is 0 Å². The van der Waals surface area contributed by atoms with Crippen molar-refractivity contribution in [3.8, 4) is 0 Å². The number of carbonyl (C=O) groups is 1. The Morgan fingerprint density at radius 1 is 0.875 bits per heavy atom. The lowest BCUT2D eigenvalue weighted by Gasteiger charge is -2.26. The van der Waals surface area contributed by atoms with Gasteiger partial charge in [-0.15, -0.1) is 0 Å². The molecule has 0 unspecified atom stereocenters. The molecule has 2 aromatic carbocycles. The largest absolute Gasteiger partial charge is 0.367 e. The van der Waals surface area contributed by atoms with Crippen LogP contribution in [0.3, 0.4) is 0 Å². The van der Waals surface area contributed by atoms with Crippen LogP contribution in [-0.4, -0.2) is 30.4 Å². The van der Waals surface area contributed by atoms with Gasteiger partial charge in [-0.25, -0.2) is 0 Å². The number of likely N-dealkylation sites (tertiary alicyclic amines) is 1. The monoisotopic (exact) mass is 320 g/mol. The highest BCUT2D eigenvalue weighted by atomic mass is 16.2. The van der Waals surface area contributed by atoms with Crippen LogP contribution in [0.5, 0.6) is 0 Å². The Kier molecular flexibility index (Phi) is 4.24. The summed E-state index contributed by atoms with van der Waals surface area (Å²) in [4.78, 5) is 17.0. The Balaban J connectivity index is 1.44. The maximum Gasteiger partial charge on any atom is 0.253 e. The summed E-state index contributed by atoms with van der Waals surface area (Å²) in [6.45, 7) is 3.80. The van der Waals surface area contributed by atoms with Crippen LogP contribution in [0, 0.1) is 0 Å². The Morgan fingerprint density at radius 3 is 2.42 bits per heavy atom. The van der Waals surface area contributed by atoms with Crippen molar-refractivity contribution >= 4 is 11.6 Å². The number of nitrogens with zero attached hydrogens (tertiary/aromatic N) is 2. The third-order valence-corrected chi connectivity index (χ3v) is 5.20. The summed E-state index contributed by atoms with van der Waals surface area (Å²) in [7, 11) is 0. The van der Waals surface area contributed by atoms with E-state index in [1.54, 1.807) is 0 Å². The summed E-state index contributed by atoms with van der Waals surface area (Å²) < 4.78 is 0. The first-order valence-electron chi connectivity index (χ1n) is 9.02. The third-order valence-electron chi connectivity index (χ3n) is 5.20. The minimum atomic E-state index is 0.188. The van der Waals surface area contributed by atoms with E-state index in [1.807, 2.05) is 17.0 Å². The van der Waals surface area contributed by atoms with Gasteiger partial charge in [0.1, 0.15) is 0 Å². The summed E-state index contributed by atoms with van der Waals surface area (Å²) >= 11 is 0. The van der Waals surface area contributed by atoms with Gasteiger partial charge < -0.3 is 9.80 Å². The van der Waals surface area contributed by atoms with Crippen molar-refractivity contribution in [1.82, 2.24) is 4.90 Å². The van der Waals surface area contributed by atoms with Gasteiger partial charge in [-0.05, 0) is 55.0 Å². The Hall–Kier alpha value is -2.29. The van der Waals surface area contributed by atoms with Crippen LogP contribution in [0.15, 0.2) is 48.5 Å². The molecule has 4 rings (SSSR count). The van der Waals surface area contributed by atoms with Crippen LogP contribution in [0.25, 0.3) is 0 Å². The molecule has 2 aromatic rings. The van der Waals surface area contributed by atoms with Crippen molar-refractivity contribution in [3.63, 3.8) is 0 Å². The molecule has 2 heterocycles. The summed E-state index contributed by atoms with van der Waals surface area (Å²) in [5.41, 5.74) is 4.88. The van der Waals surface area contributed by atoms with Crippen molar-refractivity contribution in [3.05, 3.63) is 65.2 Å². The molecule has 1 fully saturated rings. The summed E-state index contributed by atoms with van der Waals surface area (Å²) in [6.07, 6.45) is 4.65. The number of hydrogen-bond donors (Lipinski definition) is 0. The summed E-state index contributed by atoms with van der Waals surface area (Å²) in [5.74, 6) is 0.188. The van der Waals surface area contributed by atoms with E-state index in [1.165, 1.54) is 23.2 Å². The zero-order valence-electron chi connectivity index (χ0n) is 14.1. The highest BCUT2D eigenvalue weighted by Crippen LogP contribution is 2.28. The standard InChI is InChI=1S/C21H24N2O/c24-21(22-13-4-1-5-14-22)19-10-8-17(9-11-19)16-23-15-12-18-6-2-3-7-20(18)23/h2-3,6-11H,1,4-5,12-16H2. The molecule has 0 bridgehead atoms. The van der Waals surface area contributed by atoms with E-state index in [-0.39, 0.29) is 5.91 Å². The predicted octanol–water partition coefficient (Wildman–Crippen LogP) is 3.88. The second-order valence-corrected chi connectivity index (χ2v) is 6.85. The number of benzene rings is 2. The first-order chi connectivity index (χ1) is 11.8. The molecule has 3 nitrogen and oxygen atoms in total. The number of anilines is 1. The fourth-order valence-electron chi connectivity index (χ4n) is 3.82. The fraction of sp³-hybridized carbons (Fsp3) is 0.381. The maximum atomic E-state index is 12.5. The Labute approximate surface area is 143 Å². The summed E-state index contributed by atoms with van der Waals surface area (Å²) in [5, 5.41) is 0. The molecule has 0 aromatic heterocycles. The first-order valence-corrected chi connectivity index (χ1v) is 9.02. The second-order valence-electron chi connectivity index (χ2n) is 6.85. The topological polar surface area (TPSA) is 23.6 Å². The van der Waals surface area contributed by atoms with Gasteiger partial charge in [-0.3, -0.25) is 4.79 Å². The average molecular weight is 320 g/mol. The number of rotatable bonds is 3. The van der Waals surface area contributed by atoms with Gasteiger partial charge in [0.15, 0.2) is 0 Å². The molecule has 2 aliphatic heterocycles. The zero-order valence-corrected chi connectivity index (χ0v) is 14.1. The van der Waals surface area contributed by atoms with Gasteiger partial charge in [-0.2, -0.15) is 0 Å². The van der Waals surface area contributed by atoms with Gasteiger partial charge in [0.2, 0.25) is 0 Å². The van der Waals surface area contributed by atoms with Gasteiger partial charge in [-0.1, -0.05) is 30.3 Å². The zero-order chi connectivity index (χ0) is 16.4. The lowest BCUT2D eigenvalue weighted by molar-refractivity contribution is 0.0724. The van der Waals surface area contributed by atoms with Gasteiger partial charge in [0.05, 0.1) is 0 Å². The fourth-order valence-corrected chi connectivity index (χ4v) is 3.82. The summed E-state index contributed by atoms with van der Waals surface area (Å²) in [6, 6.07) is 16.9. The van der Waals surface area contributed by atoms with E-state index in [4.69, 9.17) is 0 Å². The van der Waals surface area contributed by atoms with Crippen LogP contribution < -0.4 is 4.90 Å².